The molecule has 0 heterocycles. The number of nitrogens with one attached hydrogen (secondary N) is 1. The standard InChI is InChI=1S/C7H7BrClN/c8-6-2-1-3-7(4-6)10-5-9/h1-4,10H,5H2. The molecule has 0 aliphatic carbocycles. The molecule has 0 saturated heterocycles. The third-order valence-corrected chi connectivity index (χ3v) is 1.72. The first kappa shape index (κ1) is 7.89. The van der Waals surface area contributed by atoms with Gasteiger partial charge in [0.2, 0.25) is 0 Å². The summed E-state index contributed by atoms with van der Waals surface area (Å²) in [5.74, 6) is 0. The van der Waals surface area contributed by atoms with Gasteiger partial charge in [-0.1, -0.05) is 22.0 Å². The minimum Gasteiger partial charge on any atom is -0.372 e. The van der Waals surface area contributed by atoms with Crippen molar-refractivity contribution in [3.05, 3.63) is 28.7 Å². The molecule has 3 heteroatoms. The Hall–Kier alpha value is -0.210. The Morgan fingerprint density at radius 3 is 2.90 bits per heavy atom. The summed E-state index contributed by atoms with van der Waals surface area (Å²) in [6.07, 6.45) is 0. The van der Waals surface area contributed by atoms with Gasteiger partial charge in [0.25, 0.3) is 0 Å². The Balaban J connectivity index is 2.75. The van der Waals surface area contributed by atoms with Gasteiger partial charge >= 0.3 is 0 Å². The van der Waals surface area contributed by atoms with Crippen LogP contribution >= 0.6 is 27.5 Å². The van der Waals surface area contributed by atoms with Crippen molar-refractivity contribution >= 4 is 33.2 Å². The van der Waals surface area contributed by atoms with E-state index in [2.05, 4.69) is 21.2 Å². The van der Waals surface area contributed by atoms with E-state index in [1.165, 1.54) is 0 Å². The average Bonchev–Trinajstić information content (AvgIpc) is 1.88. The summed E-state index contributed by atoms with van der Waals surface area (Å²) in [5, 5.41) is 2.98. The molecule has 1 aromatic rings. The first-order chi connectivity index (χ1) is 4.83. The van der Waals surface area contributed by atoms with Crippen LogP contribution in [0.5, 0.6) is 0 Å². The Bertz CT molecular complexity index is 215. The van der Waals surface area contributed by atoms with E-state index in [0.717, 1.165) is 10.2 Å². The van der Waals surface area contributed by atoms with Gasteiger partial charge in [-0.15, -0.1) is 11.6 Å². The van der Waals surface area contributed by atoms with Crippen LogP contribution in [0.2, 0.25) is 0 Å². The first-order valence-electron chi connectivity index (χ1n) is 2.88. The third-order valence-electron chi connectivity index (χ3n) is 1.10. The van der Waals surface area contributed by atoms with Gasteiger partial charge in [0.15, 0.2) is 0 Å². The highest BCUT2D eigenvalue weighted by molar-refractivity contribution is 9.10. The molecule has 1 rings (SSSR count). The molecule has 0 bridgehead atoms. The largest absolute Gasteiger partial charge is 0.372 e. The van der Waals surface area contributed by atoms with E-state index >= 15 is 0 Å². The Labute approximate surface area is 73.5 Å². The lowest BCUT2D eigenvalue weighted by atomic mass is 10.3. The molecule has 0 atom stereocenters. The fraction of sp³-hybridized carbons (Fsp3) is 0.143. The van der Waals surface area contributed by atoms with Crippen LogP contribution in [-0.2, 0) is 0 Å². The molecule has 1 nitrogen and oxygen atoms in total. The summed E-state index contributed by atoms with van der Waals surface area (Å²) in [4.78, 5) is 0. The fourth-order valence-corrected chi connectivity index (χ4v) is 1.23. The second kappa shape index (κ2) is 3.84. The number of benzene rings is 1. The minimum absolute atomic E-state index is 0.441. The summed E-state index contributed by atoms with van der Waals surface area (Å²) in [6.45, 7) is 0. The van der Waals surface area contributed by atoms with Crippen LogP contribution in [0, 0.1) is 0 Å². The lowest BCUT2D eigenvalue weighted by Gasteiger charge is -2.00. The summed E-state index contributed by atoms with van der Waals surface area (Å²) in [5.41, 5.74) is 1.03. The predicted octanol–water partition coefficient (Wildman–Crippen LogP) is 3.06. The van der Waals surface area contributed by atoms with E-state index in [9.17, 15) is 0 Å². The smallest absolute Gasteiger partial charge is 0.0901 e. The van der Waals surface area contributed by atoms with Crippen LogP contribution in [0.4, 0.5) is 5.69 Å². The van der Waals surface area contributed by atoms with E-state index in [0.29, 0.717) is 6.00 Å². The van der Waals surface area contributed by atoms with Gasteiger partial charge in [-0.25, -0.2) is 0 Å². The molecule has 0 saturated carbocycles. The zero-order chi connectivity index (χ0) is 7.40. The van der Waals surface area contributed by atoms with Gasteiger partial charge in [0.1, 0.15) is 0 Å². The van der Waals surface area contributed by atoms with E-state index < -0.39 is 0 Å². The molecule has 0 aliphatic heterocycles. The molecular formula is C7H7BrClN. The molecule has 10 heavy (non-hydrogen) atoms. The molecule has 0 fully saturated rings. The lowest BCUT2D eigenvalue weighted by Crippen LogP contribution is -1.92. The maximum Gasteiger partial charge on any atom is 0.0901 e. The second-order valence-corrected chi connectivity index (χ2v) is 3.00. The number of alkyl halides is 1. The molecule has 1 N–H and O–H groups in total. The maximum absolute atomic E-state index is 5.46. The summed E-state index contributed by atoms with van der Waals surface area (Å²) in [6, 6.07) is 8.31. The minimum atomic E-state index is 0.441. The van der Waals surface area contributed by atoms with Gasteiger partial charge in [0, 0.05) is 10.2 Å². The number of rotatable bonds is 2. The van der Waals surface area contributed by atoms with E-state index in [4.69, 9.17) is 11.6 Å². The molecular weight excluding hydrogens is 213 g/mol. The molecule has 0 spiro atoms. The van der Waals surface area contributed by atoms with Crippen LogP contribution in [0.25, 0.3) is 0 Å². The monoisotopic (exact) mass is 219 g/mol. The number of anilines is 1. The first-order valence-corrected chi connectivity index (χ1v) is 4.21. The number of hydrogen-bond acceptors (Lipinski definition) is 1. The van der Waals surface area contributed by atoms with Crippen molar-refractivity contribution in [2.24, 2.45) is 0 Å². The third kappa shape index (κ3) is 2.20. The quantitative estimate of drug-likeness (QED) is 0.597. The van der Waals surface area contributed by atoms with Crippen LogP contribution < -0.4 is 5.32 Å². The Morgan fingerprint density at radius 2 is 2.30 bits per heavy atom. The van der Waals surface area contributed by atoms with Gasteiger partial charge in [-0.3, -0.25) is 0 Å². The molecule has 54 valence electrons. The second-order valence-electron chi connectivity index (χ2n) is 1.82. The molecule has 0 radical (unpaired) electrons. The maximum atomic E-state index is 5.46. The van der Waals surface area contributed by atoms with Crippen molar-refractivity contribution in [2.45, 2.75) is 0 Å². The summed E-state index contributed by atoms with van der Waals surface area (Å²) >= 11 is 8.81. The molecule has 0 aliphatic rings. The number of hydrogen-bond donors (Lipinski definition) is 1. The van der Waals surface area contributed by atoms with E-state index in [1.54, 1.807) is 0 Å². The highest BCUT2D eigenvalue weighted by Crippen LogP contribution is 2.15. The van der Waals surface area contributed by atoms with Crippen molar-refractivity contribution in [3.63, 3.8) is 0 Å². The highest BCUT2D eigenvalue weighted by atomic mass is 79.9. The van der Waals surface area contributed by atoms with Gasteiger partial charge in [-0.2, -0.15) is 0 Å². The molecule has 1 aromatic carbocycles. The molecule has 0 unspecified atom stereocenters. The Morgan fingerprint density at radius 1 is 1.50 bits per heavy atom. The van der Waals surface area contributed by atoms with Gasteiger partial charge in [-0.05, 0) is 18.2 Å². The Kier molecular flexibility index (Phi) is 3.03. The van der Waals surface area contributed by atoms with Crippen molar-refractivity contribution in [3.8, 4) is 0 Å². The van der Waals surface area contributed by atoms with Gasteiger partial charge in [0.05, 0.1) is 6.00 Å². The van der Waals surface area contributed by atoms with E-state index in [1.807, 2.05) is 24.3 Å². The van der Waals surface area contributed by atoms with Crippen molar-refractivity contribution in [1.82, 2.24) is 0 Å². The zero-order valence-electron chi connectivity index (χ0n) is 5.27. The summed E-state index contributed by atoms with van der Waals surface area (Å²) in [7, 11) is 0. The van der Waals surface area contributed by atoms with Crippen LogP contribution in [0.1, 0.15) is 0 Å². The number of halogens is 2. The summed E-state index contributed by atoms with van der Waals surface area (Å²) < 4.78 is 1.06. The van der Waals surface area contributed by atoms with Crippen LogP contribution in [0.3, 0.4) is 0 Å². The fourth-order valence-electron chi connectivity index (χ4n) is 0.676. The topological polar surface area (TPSA) is 12.0 Å². The van der Waals surface area contributed by atoms with Crippen LogP contribution in [0.15, 0.2) is 28.7 Å². The molecule has 0 aromatic heterocycles. The molecule has 0 amide bonds. The van der Waals surface area contributed by atoms with Crippen molar-refractivity contribution < 1.29 is 0 Å². The SMILES string of the molecule is ClCNc1cccc(Br)c1. The van der Waals surface area contributed by atoms with Crippen LogP contribution in [-0.4, -0.2) is 6.00 Å². The van der Waals surface area contributed by atoms with Crippen molar-refractivity contribution in [2.75, 3.05) is 11.3 Å². The van der Waals surface area contributed by atoms with E-state index in [-0.39, 0.29) is 0 Å². The predicted molar refractivity (Wildman–Crippen MR) is 48.5 cm³/mol. The zero-order valence-corrected chi connectivity index (χ0v) is 7.61. The average molecular weight is 220 g/mol. The highest BCUT2D eigenvalue weighted by Gasteiger charge is 1.88. The van der Waals surface area contributed by atoms with Gasteiger partial charge < -0.3 is 5.32 Å². The van der Waals surface area contributed by atoms with Crippen molar-refractivity contribution in [1.29, 1.82) is 0 Å². The normalized spacial score (nSPS) is 9.40. The lowest BCUT2D eigenvalue weighted by molar-refractivity contribution is 1.44.